The molecular formula is C3H5N3O3P2. The van der Waals surface area contributed by atoms with E-state index in [0.717, 1.165) is 0 Å². The molecule has 11 heavy (non-hydrogen) atoms. The summed E-state index contributed by atoms with van der Waals surface area (Å²) in [6.45, 7) is 0. The molecule has 0 aliphatic heterocycles. The topological polar surface area (TPSA) is 76.9 Å². The van der Waals surface area contributed by atoms with Gasteiger partial charge < -0.3 is 0 Å². The van der Waals surface area contributed by atoms with E-state index in [4.69, 9.17) is 0 Å². The van der Waals surface area contributed by atoms with E-state index in [2.05, 4.69) is 0 Å². The zero-order valence-electron chi connectivity index (χ0n) is 5.27. The van der Waals surface area contributed by atoms with Crippen molar-refractivity contribution in [3.63, 3.8) is 0 Å². The minimum absolute atomic E-state index is 0.700. The molecule has 0 fully saturated rings. The summed E-state index contributed by atoms with van der Waals surface area (Å²) in [6.07, 6.45) is 0. The molecule has 1 heterocycles. The Morgan fingerprint density at radius 3 is 1.73 bits per heavy atom. The van der Waals surface area contributed by atoms with Crippen molar-refractivity contribution in [1.29, 1.82) is 0 Å². The average molecular weight is 193 g/mol. The van der Waals surface area contributed by atoms with Gasteiger partial charge in [-0.05, 0) is 18.8 Å². The highest BCUT2D eigenvalue weighted by Gasteiger charge is 2.00. The second-order valence-corrected chi connectivity index (χ2v) is 2.79. The molecule has 6 nitrogen and oxygen atoms in total. The van der Waals surface area contributed by atoms with Crippen LogP contribution < -0.4 is 17.1 Å². The lowest BCUT2D eigenvalue weighted by molar-refractivity contribution is 0.819. The Bertz CT molecular complexity index is 403. The van der Waals surface area contributed by atoms with Crippen LogP contribution in [0.2, 0.25) is 0 Å². The normalized spacial score (nSPS) is 10.0. The molecule has 1 N–H and O–H groups in total. The first-order valence-corrected chi connectivity index (χ1v) is 3.56. The van der Waals surface area contributed by atoms with Gasteiger partial charge in [0.05, 0.1) is 0 Å². The SMILES string of the molecule is O=c1[nH]c(=O)n(P)c(=O)n1P. The van der Waals surface area contributed by atoms with Crippen LogP contribution >= 0.6 is 18.8 Å². The molecule has 0 radical (unpaired) electrons. The van der Waals surface area contributed by atoms with Crippen LogP contribution in [-0.2, 0) is 0 Å². The fourth-order valence-corrected chi connectivity index (χ4v) is 1.01. The molecule has 0 spiro atoms. The van der Waals surface area contributed by atoms with Crippen LogP contribution in [0.3, 0.4) is 0 Å². The fraction of sp³-hybridized carbons (Fsp3) is 0. The number of rotatable bonds is 0. The molecule has 1 aromatic rings. The largest absolute Gasteiger partial charge is 0.342 e. The lowest BCUT2D eigenvalue weighted by Crippen LogP contribution is -2.42. The first kappa shape index (κ1) is 8.37. The Morgan fingerprint density at radius 2 is 1.36 bits per heavy atom. The first-order chi connectivity index (χ1) is 5.04. The van der Waals surface area contributed by atoms with Crippen molar-refractivity contribution in [1.82, 2.24) is 13.7 Å². The quantitative estimate of drug-likeness (QED) is 0.483. The van der Waals surface area contributed by atoms with E-state index >= 15 is 0 Å². The Labute approximate surface area is 64.8 Å². The molecule has 2 atom stereocenters. The van der Waals surface area contributed by atoms with E-state index in [9.17, 15) is 14.4 Å². The van der Waals surface area contributed by atoms with Gasteiger partial charge in [-0.15, -0.1) is 0 Å². The molecule has 0 saturated carbocycles. The Balaban J connectivity index is 3.89. The average Bonchev–Trinajstić information content (AvgIpc) is 1.97. The first-order valence-electron chi connectivity index (χ1n) is 2.52. The molecule has 60 valence electrons. The number of aromatic amines is 1. The third kappa shape index (κ3) is 1.32. The van der Waals surface area contributed by atoms with Gasteiger partial charge in [0.15, 0.2) is 0 Å². The van der Waals surface area contributed by atoms with Gasteiger partial charge in [-0.3, -0.25) is 4.98 Å². The highest BCUT2D eigenvalue weighted by molar-refractivity contribution is 7.15. The fourth-order valence-electron chi connectivity index (χ4n) is 0.502. The Kier molecular flexibility index (Phi) is 2.07. The second kappa shape index (κ2) is 2.72. The van der Waals surface area contributed by atoms with Gasteiger partial charge in [0.2, 0.25) is 0 Å². The van der Waals surface area contributed by atoms with Crippen LogP contribution in [0.5, 0.6) is 0 Å². The molecule has 2 unspecified atom stereocenters. The van der Waals surface area contributed by atoms with Crippen molar-refractivity contribution in [3.05, 3.63) is 31.5 Å². The van der Waals surface area contributed by atoms with E-state index in [0.29, 0.717) is 8.68 Å². The Morgan fingerprint density at radius 1 is 1.00 bits per heavy atom. The van der Waals surface area contributed by atoms with Gasteiger partial charge in [0.1, 0.15) is 0 Å². The van der Waals surface area contributed by atoms with Gasteiger partial charge in [-0.2, -0.15) is 0 Å². The summed E-state index contributed by atoms with van der Waals surface area (Å²) in [4.78, 5) is 34.1. The summed E-state index contributed by atoms with van der Waals surface area (Å²) in [5, 5.41) is 0. The maximum atomic E-state index is 10.9. The van der Waals surface area contributed by atoms with Gasteiger partial charge in [0.25, 0.3) is 0 Å². The van der Waals surface area contributed by atoms with Crippen molar-refractivity contribution < 1.29 is 0 Å². The summed E-state index contributed by atoms with van der Waals surface area (Å²) in [7, 11) is 3.78. The van der Waals surface area contributed by atoms with E-state index in [-0.39, 0.29) is 0 Å². The molecule has 0 saturated heterocycles. The number of H-pyrrole nitrogens is 1. The minimum atomic E-state index is -0.747. The predicted molar refractivity (Wildman–Crippen MR) is 45.8 cm³/mol. The number of hydrogen-bond acceptors (Lipinski definition) is 3. The van der Waals surface area contributed by atoms with Crippen LogP contribution in [0.25, 0.3) is 0 Å². The lowest BCUT2D eigenvalue weighted by Gasteiger charge is -1.96. The minimum Gasteiger partial charge on any atom is -0.258 e. The van der Waals surface area contributed by atoms with E-state index in [1.165, 1.54) is 0 Å². The van der Waals surface area contributed by atoms with Crippen LogP contribution in [0.1, 0.15) is 0 Å². The number of hydrogen-bond donors (Lipinski definition) is 1. The van der Waals surface area contributed by atoms with Gasteiger partial charge in [0, 0.05) is 0 Å². The molecule has 0 aliphatic carbocycles. The van der Waals surface area contributed by atoms with E-state index < -0.39 is 17.1 Å². The molecule has 8 heteroatoms. The number of aromatic nitrogens is 3. The van der Waals surface area contributed by atoms with Crippen LogP contribution in [-0.4, -0.2) is 13.7 Å². The highest BCUT2D eigenvalue weighted by Crippen LogP contribution is 1.78. The summed E-state index contributed by atoms with van der Waals surface area (Å²) < 4.78 is 1.43. The van der Waals surface area contributed by atoms with Crippen molar-refractivity contribution in [2.45, 2.75) is 0 Å². The summed E-state index contributed by atoms with van der Waals surface area (Å²) >= 11 is 0. The van der Waals surface area contributed by atoms with Crippen molar-refractivity contribution >= 4 is 18.8 Å². The smallest absolute Gasteiger partial charge is 0.258 e. The van der Waals surface area contributed by atoms with Crippen molar-refractivity contribution in [3.8, 4) is 0 Å². The summed E-state index contributed by atoms with van der Waals surface area (Å²) in [5.41, 5.74) is -2.19. The number of nitrogens with zero attached hydrogens (tertiary/aromatic N) is 2. The van der Waals surface area contributed by atoms with Crippen LogP contribution in [0.15, 0.2) is 14.4 Å². The van der Waals surface area contributed by atoms with Crippen molar-refractivity contribution in [2.75, 3.05) is 0 Å². The standard InChI is InChI=1S/C3H5N3O3P2/c7-1-4-2(8)6(11)3(9)5(1)10/h10-11H2,(H,4,7,8). The third-order valence-corrected chi connectivity index (χ3v) is 1.97. The molecule has 1 rings (SSSR count). The monoisotopic (exact) mass is 193 g/mol. The maximum absolute atomic E-state index is 10.9. The van der Waals surface area contributed by atoms with Gasteiger partial charge >= 0.3 is 17.1 Å². The maximum Gasteiger partial charge on any atom is 0.342 e. The van der Waals surface area contributed by atoms with Gasteiger partial charge in [-0.1, -0.05) is 0 Å². The third-order valence-electron chi connectivity index (χ3n) is 1.06. The lowest BCUT2D eigenvalue weighted by atomic mass is 11.0. The Hall–Kier alpha value is -0.730. The van der Waals surface area contributed by atoms with E-state index in [1.54, 1.807) is 0 Å². The predicted octanol–water partition coefficient (Wildman–Crippen LogP) is -2.03. The van der Waals surface area contributed by atoms with Crippen molar-refractivity contribution in [2.24, 2.45) is 0 Å². The zero-order chi connectivity index (χ0) is 8.59. The van der Waals surface area contributed by atoms with E-state index in [1.807, 2.05) is 23.8 Å². The molecular weight excluding hydrogens is 188 g/mol. The molecule has 0 aromatic carbocycles. The highest BCUT2D eigenvalue weighted by atomic mass is 31.0. The molecule has 0 aliphatic rings. The van der Waals surface area contributed by atoms with Crippen LogP contribution in [0.4, 0.5) is 0 Å². The summed E-state index contributed by atoms with van der Waals surface area (Å²) in [6, 6.07) is 0. The molecule has 0 amide bonds. The summed E-state index contributed by atoms with van der Waals surface area (Å²) in [5.74, 6) is 0. The molecule has 0 bridgehead atoms. The second-order valence-electron chi connectivity index (χ2n) is 1.76. The van der Waals surface area contributed by atoms with Crippen LogP contribution in [0, 0.1) is 0 Å². The number of nitrogens with one attached hydrogen (secondary N) is 1. The van der Waals surface area contributed by atoms with Gasteiger partial charge in [-0.25, -0.2) is 23.1 Å². The molecule has 1 aromatic heterocycles. The zero-order valence-corrected chi connectivity index (χ0v) is 7.58.